The lowest BCUT2D eigenvalue weighted by atomic mass is 10.0. The number of hydrogen-bond acceptors (Lipinski definition) is 4. The van der Waals surface area contributed by atoms with Crippen LogP contribution in [0.1, 0.15) is 22.3 Å². The number of nitrogens with one attached hydrogen (secondary N) is 1. The normalized spacial score (nSPS) is 12.7. The van der Waals surface area contributed by atoms with Gasteiger partial charge in [0.15, 0.2) is 0 Å². The predicted molar refractivity (Wildman–Crippen MR) is 74.7 cm³/mol. The van der Waals surface area contributed by atoms with Gasteiger partial charge in [-0.15, -0.1) is 11.3 Å². The van der Waals surface area contributed by atoms with E-state index in [0.717, 1.165) is 10.7 Å². The lowest BCUT2D eigenvalue weighted by Gasteiger charge is -2.17. The molecule has 0 aliphatic rings. The lowest BCUT2D eigenvalue weighted by Crippen LogP contribution is -2.31. The second-order valence-corrected chi connectivity index (χ2v) is 6.04. The van der Waals surface area contributed by atoms with E-state index in [9.17, 15) is 8.78 Å². The van der Waals surface area contributed by atoms with E-state index in [1.54, 1.807) is 0 Å². The van der Waals surface area contributed by atoms with Crippen LogP contribution < -0.4 is 11.3 Å². The maximum atomic E-state index is 13.9. The number of hydrazine groups is 1. The Labute approximate surface area is 122 Å². The van der Waals surface area contributed by atoms with E-state index in [4.69, 9.17) is 5.84 Å². The van der Waals surface area contributed by atoms with E-state index in [-0.39, 0.29) is 5.56 Å². The molecular weight excluding hydrogens is 336 g/mol. The van der Waals surface area contributed by atoms with Gasteiger partial charge in [-0.25, -0.2) is 13.8 Å². The highest BCUT2D eigenvalue weighted by molar-refractivity contribution is 9.10. The van der Waals surface area contributed by atoms with Crippen LogP contribution in [0.15, 0.2) is 22.0 Å². The van der Waals surface area contributed by atoms with Crippen LogP contribution in [0.3, 0.4) is 0 Å². The zero-order valence-corrected chi connectivity index (χ0v) is 12.5. The standard InChI is InChI=1S/C12H12BrF2N3S/c1-6-17-8(5-19-6)4-11(18-16)12-9(14)2-7(13)3-10(12)15/h2-3,5,11,18H,4,16H2,1H3. The molecule has 1 aromatic carbocycles. The third kappa shape index (κ3) is 3.36. The molecule has 0 saturated carbocycles. The third-order valence-corrected chi connectivity index (χ3v) is 3.95. The summed E-state index contributed by atoms with van der Waals surface area (Å²) in [7, 11) is 0. The maximum absolute atomic E-state index is 13.9. The van der Waals surface area contributed by atoms with E-state index in [2.05, 4.69) is 26.3 Å². The van der Waals surface area contributed by atoms with Crippen LogP contribution in [0.5, 0.6) is 0 Å². The summed E-state index contributed by atoms with van der Waals surface area (Å²) < 4.78 is 28.1. The number of aromatic nitrogens is 1. The van der Waals surface area contributed by atoms with Crippen molar-refractivity contribution in [3.05, 3.63) is 49.9 Å². The minimum absolute atomic E-state index is 0.0728. The first-order valence-electron chi connectivity index (χ1n) is 5.53. The van der Waals surface area contributed by atoms with Crippen molar-refractivity contribution in [3.63, 3.8) is 0 Å². The number of rotatable bonds is 4. The van der Waals surface area contributed by atoms with Crippen molar-refractivity contribution < 1.29 is 8.78 Å². The minimum Gasteiger partial charge on any atom is -0.271 e. The average Bonchev–Trinajstić information content (AvgIpc) is 2.72. The molecule has 0 aliphatic carbocycles. The Kier molecular flexibility index (Phi) is 4.62. The second-order valence-electron chi connectivity index (χ2n) is 4.06. The van der Waals surface area contributed by atoms with Gasteiger partial charge in [0, 0.05) is 21.8 Å². The molecule has 0 spiro atoms. The molecule has 0 fully saturated rings. The summed E-state index contributed by atoms with van der Waals surface area (Å²) in [6.07, 6.45) is 0.330. The molecule has 7 heteroatoms. The third-order valence-electron chi connectivity index (χ3n) is 2.67. The summed E-state index contributed by atoms with van der Waals surface area (Å²) in [6.45, 7) is 1.87. The van der Waals surface area contributed by atoms with Gasteiger partial charge in [0.05, 0.1) is 16.7 Å². The first-order chi connectivity index (χ1) is 9.01. The number of thiazole rings is 1. The molecule has 19 heavy (non-hydrogen) atoms. The number of nitrogens with two attached hydrogens (primary N) is 1. The first-order valence-corrected chi connectivity index (χ1v) is 7.20. The number of aryl methyl sites for hydroxylation is 1. The van der Waals surface area contributed by atoms with Crippen molar-refractivity contribution in [2.24, 2.45) is 5.84 Å². The first kappa shape index (κ1) is 14.5. The van der Waals surface area contributed by atoms with Crippen LogP contribution >= 0.6 is 27.3 Å². The molecule has 1 unspecified atom stereocenters. The van der Waals surface area contributed by atoms with Gasteiger partial charge in [-0.3, -0.25) is 11.3 Å². The minimum atomic E-state index is -0.658. The highest BCUT2D eigenvalue weighted by atomic mass is 79.9. The Bertz CT molecular complexity index is 565. The smallest absolute Gasteiger partial charge is 0.132 e. The number of halogens is 3. The van der Waals surface area contributed by atoms with Gasteiger partial charge in [-0.05, 0) is 19.1 Å². The Hall–Kier alpha value is -0.890. The Balaban J connectivity index is 2.32. The van der Waals surface area contributed by atoms with Gasteiger partial charge < -0.3 is 0 Å². The highest BCUT2D eigenvalue weighted by Gasteiger charge is 2.21. The van der Waals surface area contributed by atoms with E-state index in [1.165, 1.54) is 23.5 Å². The Morgan fingerprint density at radius 2 is 2.05 bits per heavy atom. The zero-order chi connectivity index (χ0) is 14.0. The van der Waals surface area contributed by atoms with Crippen LogP contribution in [-0.4, -0.2) is 4.98 Å². The van der Waals surface area contributed by atoms with Gasteiger partial charge in [0.2, 0.25) is 0 Å². The largest absolute Gasteiger partial charge is 0.271 e. The fourth-order valence-corrected chi connectivity index (χ4v) is 2.87. The average molecular weight is 348 g/mol. The summed E-state index contributed by atoms with van der Waals surface area (Å²) in [5.74, 6) is 4.14. The molecule has 3 nitrogen and oxygen atoms in total. The molecule has 2 aromatic rings. The lowest BCUT2D eigenvalue weighted by molar-refractivity contribution is 0.470. The van der Waals surface area contributed by atoms with Crippen LogP contribution in [0.2, 0.25) is 0 Å². The summed E-state index contributed by atoms with van der Waals surface area (Å²) in [4.78, 5) is 4.27. The molecule has 0 saturated heterocycles. The van der Waals surface area contributed by atoms with Crippen LogP contribution in [0.25, 0.3) is 0 Å². The zero-order valence-electron chi connectivity index (χ0n) is 10.1. The van der Waals surface area contributed by atoms with Crippen molar-refractivity contribution in [1.29, 1.82) is 0 Å². The van der Waals surface area contributed by atoms with Gasteiger partial charge in [-0.2, -0.15) is 0 Å². The van der Waals surface area contributed by atoms with Crippen LogP contribution in [-0.2, 0) is 6.42 Å². The quantitative estimate of drug-likeness (QED) is 0.659. The van der Waals surface area contributed by atoms with Gasteiger partial charge in [-0.1, -0.05) is 15.9 Å². The monoisotopic (exact) mass is 347 g/mol. The number of hydrogen-bond donors (Lipinski definition) is 2. The van der Waals surface area contributed by atoms with Crippen molar-refractivity contribution >= 4 is 27.3 Å². The summed E-state index contributed by atoms with van der Waals surface area (Å²) >= 11 is 4.53. The molecule has 0 amide bonds. The highest BCUT2D eigenvalue weighted by Crippen LogP contribution is 2.27. The molecule has 2 rings (SSSR count). The molecule has 102 valence electrons. The van der Waals surface area contributed by atoms with Crippen molar-refractivity contribution in [2.45, 2.75) is 19.4 Å². The van der Waals surface area contributed by atoms with Crippen molar-refractivity contribution in [2.75, 3.05) is 0 Å². The van der Waals surface area contributed by atoms with Crippen molar-refractivity contribution in [3.8, 4) is 0 Å². The predicted octanol–water partition coefficient (Wildman–Crippen LogP) is 3.24. The molecule has 1 heterocycles. The van der Waals surface area contributed by atoms with E-state index >= 15 is 0 Å². The Morgan fingerprint density at radius 3 is 2.53 bits per heavy atom. The van der Waals surface area contributed by atoms with Crippen molar-refractivity contribution in [1.82, 2.24) is 10.4 Å². The van der Waals surface area contributed by atoms with E-state index in [0.29, 0.717) is 10.9 Å². The molecule has 3 N–H and O–H groups in total. The molecule has 0 radical (unpaired) electrons. The van der Waals surface area contributed by atoms with Gasteiger partial charge in [0.25, 0.3) is 0 Å². The van der Waals surface area contributed by atoms with Crippen LogP contribution in [0.4, 0.5) is 8.78 Å². The Morgan fingerprint density at radius 1 is 1.42 bits per heavy atom. The summed E-state index contributed by atoms with van der Waals surface area (Å²) in [5.41, 5.74) is 3.13. The molecular formula is C12H12BrF2N3S. The van der Waals surface area contributed by atoms with E-state index in [1.807, 2.05) is 12.3 Å². The van der Waals surface area contributed by atoms with E-state index < -0.39 is 17.7 Å². The molecule has 1 aromatic heterocycles. The molecule has 0 aliphatic heterocycles. The fourth-order valence-electron chi connectivity index (χ4n) is 1.84. The van der Waals surface area contributed by atoms with Crippen LogP contribution in [0, 0.1) is 18.6 Å². The SMILES string of the molecule is Cc1nc(CC(NN)c2c(F)cc(Br)cc2F)cs1. The fraction of sp³-hybridized carbons (Fsp3) is 0.250. The maximum Gasteiger partial charge on any atom is 0.132 e. The number of benzene rings is 1. The summed E-state index contributed by atoms with van der Waals surface area (Å²) in [5, 5.41) is 2.76. The van der Waals surface area contributed by atoms with Gasteiger partial charge in [0.1, 0.15) is 11.6 Å². The summed E-state index contributed by atoms with van der Waals surface area (Å²) in [6, 6.07) is 1.78. The molecule has 1 atom stereocenters. The second kappa shape index (κ2) is 6.04. The van der Waals surface area contributed by atoms with Gasteiger partial charge >= 0.3 is 0 Å². The number of nitrogens with zero attached hydrogens (tertiary/aromatic N) is 1. The molecule has 0 bridgehead atoms. The topological polar surface area (TPSA) is 50.9 Å².